The molecule has 0 spiro atoms. The van der Waals surface area contributed by atoms with Crippen LogP contribution in [-0.2, 0) is 4.79 Å². The summed E-state index contributed by atoms with van der Waals surface area (Å²) >= 11 is 0. The highest BCUT2D eigenvalue weighted by Crippen LogP contribution is 2.40. The molecule has 3 aliphatic rings. The molecule has 45 heavy (non-hydrogen) atoms. The van der Waals surface area contributed by atoms with Crippen LogP contribution in [-0.4, -0.2) is 65.3 Å². The van der Waals surface area contributed by atoms with E-state index in [9.17, 15) is 4.79 Å². The summed E-state index contributed by atoms with van der Waals surface area (Å²) < 4.78 is 10.1. The molecule has 3 atom stereocenters. The number of nitrogens with zero attached hydrogens (tertiary/aromatic N) is 7. The van der Waals surface area contributed by atoms with Crippen molar-refractivity contribution in [3.05, 3.63) is 84.8 Å². The van der Waals surface area contributed by atoms with Crippen molar-refractivity contribution in [3.8, 4) is 28.6 Å². The molecule has 1 saturated heterocycles. The summed E-state index contributed by atoms with van der Waals surface area (Å²) in [6.07, 6.45) is 9.20. The number of hydrogen-bond acceptors (Lipinski definition) is 8. The number of fused-ring (bicyclic) bond motifs is 2. The molecule has 2 fully saturated rings. The molecule has 1 amide bonds. The van der Waals surface area contributed by atoms with E-state index < -0.39 is 0 Å². The highest BCUT2D eigenvalue weighted by Gasteiger charge is 2.32. The average molecular weight is 602 g/mol. The topological polar surface area (TPSA) is 129 Å². The number of nitrogens with two attached hydrogens (primary N) is 1. The number of rotatable bonds is 7. The Bertz CT molecular complexity index is 1940. The van der Waals surface area contributed by atoms with Crippen LogP contribution in [0.25, 0.3) is 34.1 Å². The second kappa shape index (κ2) is 10.8. The van der Waals surface area contributed by atoms with Gasteiger partial charge in [0.25, 0.3) is 0 Å². The van der Waals surface area contributed by atoms with E-state index >= 15 is 0 Å². The van der Waals surface area contributed by atoms with Gasteiger partial charge in [0.1, 0.15) is 23.7 Å². The number of nitrogens with one attached hydrogen (secondary N) is 1. The van der Waals surface area contributed by atoms with Gasteiger partial charge in [0.2, 0.25) is 5.91 Å². The number of anilines is 1. The number of aromatic nitrogens is 6. The molecular weight excluding hydrogens is 566 g/mol. The molecule has 11 nitrogen and oxygen atoms in total. The lowest BCUT2D eigenvalue weighted by molar-refractivity contribution is -0.129. The largest absolute Gasteiger partial charge is 0.491 e. The van der Waals surface area contributed by atoms with Gasteiger partial charge < -0.3 is 20.7 Å². The van der Waals surface area contributed by atoms with E-state index in [4.69, 9.17) is 25.5 Å². The van der Waals surface area contributed by atoms with Crippen LogP contribution < -0.4 is 15.8 Å². The van der Waals surface area contributed by atoms with E-state index in [0.717, 1.165) is 52.4 Å². The van der Waals surface area contributed by atoms with Crippen molar-refractivity contribution in [2.75, 3.05) is 18.9 Å². The molecule has 228 valence electrons. The van der Waals surface area contributed by atoms with Gasteiger partial charge in [-0.25, -0.2) is 19.6 Å². The monoisotopic (exact) mass is 601 g/mol. The van der Waals surface area contributed by atoms with Crippen LogP contribution in [0.2, 0.25) is 0 Å². The fourth-order valence-corrected chi connectivity index (χ4v) is 6.70. The molecule has 8 rings (SSSR count). The first kappa shape index (κ1) is 27.5. The summed E-state index contributed by atoms with van der Waals surface area (Å²) in [6.45, 7) is 7.00. The second-order valence-corrected chi connectivity index (χ2v) is 12.2. The Morgan fingerprint density at radius 1 is 1.13 bits per heavy atom. The van der Waals surface area contributed by atoms with Gasteiger partial charge in [-0.15, -0.1) is 0 Å². The fraction of sp³-hybridized carbons (Fsp3) is 0.324. The van der Waals surface area contributed by atoms with Crippen molar-refractivity contribution in [3.63, 3.8) is 0 Å². The number of ether oxygens (including phenoxy) is 1. The molecule has 0 bridgehead atoms. The van der Waals surface area contributed by atoms with Crippen LogP contribution in [0.4, 0.5) is 5.82 Å². The quantitative estimate of drug-likeness (QED) is 0.257. The number of benzene rings is 1. The maximum atomic E-state index is 12.2. The first-order valence-corrected chi connectivity index (χ1v) is 15.6. The van der Waals surface area contributed by atoms with Crippen molar-refractivity contribution in [2.24, 2.45) is 0 Å². The van der Waals surface area contributed by atoms with E-state index in [-0.39, 0.29) is 24.0 Å². The Kier molecular flexibility index (Phi) is 6.63. The Morgan fingerprint density at radius 3 is 2.82 bits per heavy atom. The zero-order valence-electron chi connectivity index (χ0n) is 25.1. The number of amides is 1. The van der Waals surface area contributed by atoms with Crippen molar-refractivity contribution in [1.29, 1.82) is 0 Å². The van der Waals surface area contributed by atoms with E-state index in [1.807, 2.05) is 44.6 Å². The van der Waals surface area contributed by atoms with Crippen LogP contribution in [0.5, 0.6) is 5.75 Å². The summed E-state index contributed by atoms with van der Waals surface area (Å²) in [4.78, 5) is 28.5. The number of imidazole rings is 1. The number of nitrogen functional groups attached to an aromatic ring is 1. The van der Waals surface area contributed by atoms with E-state index in [1.54, 1.807) is 6.20 Å². The minimum Gasteiger partial charge on any atom is -0.491 e. The standard InChI is InChI=1S/C34H35N9O2/c1-3-31(44)41-15-12-22(17-20(41)2)37-28-19-45-29-18-23(8-9-24(28)29)43-33(25-5-4-14-36-32(25)35)38-27-10-11-30(39-34(27)43)42-16-13-26(40-42)21-6-7-21/h3-5,8-11,13-14,16,18,20-22,28,37H,1,6-7,12,15,17,19H2,2H3,(H2,35,36). The number of likely N-dealkylation sites (tertiary alicyclic amines) is 1. The SMILES string of the molecule is C=CC(=O)N1CCC(NC2COc3cc(-n4c(-c5cccnc5N)nc5ccc(-n6ccc(C7CC7)n6)nc54)ccc32)CC1C. The van der Waals surface area contributed by atoms with Gasteiger partial charge in [0.15, 0.2) is 17.3 Å². The molecule has 2 aliphatic heterocycles. The maximum Gasteiger partial charge on any atom is 0.246 e. The minimum atomic E-state index is -0.00305. The van der Waals surface area contributed by atoms with Gasteiger partial charge in [0.05, 0.1) is 23.0 Å². The lowest BCUT2D eigenvalue weighted by Crippen LogP contribution is -2.50. The van der Waals surface area contributed by atoms with Crippen LogP contribution in [0.15, 0.2) is 73.6 Å². The summed E-state index contributed by atoms with van der Waals surface area (Å²) in [6, 6.07) is 16.5. The van der Waals surface area contributed by atoms with Gasteiger partial charge in [0, 0.05) is 48.6 Å². The Morgan fingerprint density at radius 2 is 2.02 bits per heavy atom. The maximum absolute atomic E-state index is 12.2. The lowest BCUT2D eigenvalue weighted by Gasteiger charge is -2.38. The lowest BCUT2D eigenvalue weighted by atomic mass is 9.96. The number of carbonyl (C=O) groups is 1. The average Bonchev–Trinajstić information content (AvgIpc) is 3.47. The second-order valence-electron chi connectivity index (χ2n) is 12.2. The number of carbonyl (C=O) groups excluding carboxylic acids is 1. The molecule has 1 aliphatic carbocycles. The molecule has 6 heterocycles. The van der Waals surface area contributed by atoms with Crippen molar-refractivity contribution in [1.82, 2.24) is 39.5 Å². The predicted molar refractivity (Wildman–Crippen MR) is 171 cm³/mol. The number of hydrogen-bond donors (Lipinski definition) is 2. The Hall–Kier alpha value is -5.03. The molecule has 4 aromatic heterocycles. The third-order valence-electron chi connectivity index (χ3n) is 9.22. The zero-order chi connectivity index (χ0) is 30.7. The fourth-order valence-electron chi connectivity index (χ4n) is 6.70. The predicted octanol–water partition coefficient (Wildman–Crippen LogP) is 4.72. The van der Waals surface area contributed by atoms with Gasteiger partial charge in [-0.05, 0) is 75.1 Å². The Balaban J connectivity index is 1.14. The Labute approximate surface area is 260 Å². The molecule has 3 N–H and O–H groups in total. The van der Waals surface area contributed by atoms with Gasteiger partial charge in [-0.1, -0.05) is 12.6 Å². The first-order valence-electron chi connectivity index (χ1n) is 15.6. The van der Waals surface area contributed by atoms with Crippen LogP contribution >= 0.6 is 0 Å². The summed E-state index contributed by atoms with van der Waals surface area (Å²) in [5.41, 5.74) is 11.6. The summed E-state index contributed by atoms with van der Waals surface area (Å²) in [5, 5.41) is 8.60. The molecule has 0 radical (unpaired) electrons. The molecule has 5 aromatic rings. The summed E-state index contributed by atoms with van der Waals surface area (Å²) in [7, 11) is 0. The third-order valence-corrected chi connectivity index (χ3v) is 9.22. The molecule has 1 saturated carbocycles. The normalized spacial score (nSPS) is 21.1. The molecule has 1 aromatic carbocycles. The minimum absolute atomic E-state index is 0.00305. The van der Waals surface area contributed by atoms with E-state index in [1.165, 1.54) is 18.9 Å². The number of pyridine rings is 2. The highest BCUT2D eigenvalue weighted by atomic mass is 16.5. The number of piperidine rings is 1. The molecule has 11 heteroatoms. The zero-order valence-corrected chi connectivity index (χ0v) is 25.1. The highest BCUT2D eigenvalue weighted by molar-refractivity contribution is 5.87. The van der Waals surface area contributed by atoms with E-state index in [0.29, 0.717) is 36.4 Å². The van der Waals surface area contributed by atoms with Gasteiger partial charge >= 0.3 is 0 Å². The van der Waals surface area contributed by atoms with Crippen LogP contribution in [0.1, 0.15) is 55.8 Å². The van der Waals surface area contributed by atoms with E-state index in [2.05, 4.69) is 48.1 Å². The van der Waals surface area contributed by atoms with Crippen molar-refractivity contribution in [2.45, 2.75) is 56.7 Å². The molecule has 3 unspecified atom stereocenters. The van der Waals surface area contributed by atoms with Crippen molar-refractivity contribution >= 4 is 22.9 Å². The van der Waals surface area contributed by atoms with Crippen LogP contribution in [0, 0.1) is 0 Å². The van der Waals surface area contributed by atoms with Crippen LogP contribution in [0.3, 0.4) is 0 Å². The summed E-state index contributed by atoms with van der Waals surface area (Å²) in [5.74, 6) is 3.15. The van der Waals surface area contributed by atoms with Crippen molar-refractivity contribution < 1.29 is 9.53 Å². The third kappa shape index (κ3) is 4.93. The molecular formula is C34H35N9O2. The smallest absolute Gasteiger partial charge is 0.246 e. The van der Waals surface area contributed by atoms with Gasteiger partial charge in [-0.3, -0.25) is 9.36 Å². The first-order chi connectivity index (χ1) is 22.0. The van der Waals surface area contributed by atoms with Gasteiger partial charge in [-0.2, -0.15) is 5.10 Å².